The fourth-order valence-electron chi connectivity index (χ4n) is 4.23. The van der Waals surface area contributed by atoms with Crippen LogP contribution in [0.15, 0.2) is 18.6 Å². The van der Waals surface area contributed by atoms with Crippen molar-refractivity contribution in [1.29, 1.82) is 0 Å². The van der Waals surface area contributed by atoms with Crippen molar-refractivity contribution in [2.45, 2.75) is 58.5 Å². The highest BCUT2D eigenvalue weighted by Gasteiger charge is 2.27. The lowest BCUT2D eigenvalue weighted by Crippen LogP contribution is -2.40. The number of imidazole rings is 1. The van der Waals surface area contributed by atoms with Crippen molar-refractivity contribution in [2.75, 3.05) is 19.6 Å². The Hall–Kier alpha value is -2.77. The predicted octanol–water partition coefficient (Wildman–Crippen LogP) is 1.55. The summed E-state index contributed by atoms with van der Waals surface area (Å²) in [5, 5.41) is 0. The Bertz CT molecular complexity index is 900. The van der Waals surface area contributed by atoms with Crippen molar-refractivity contribution in [3.8, 4) is 0 Å². The fourth-order valence-corrected chi connectivity index (χ4v) is 4.23. The van der Waals surface area contributed by atoms with Gasteiger partial charge in [0.2, 0.25) is 11.8 Å². The van der Waals surface area contributed by atoms with E-state index in [0.717, 1.165) is 68.2 Å². The number of carbonyl (C=O) groups is 2. The molecule has 2 amide bonds. The first-order valence-electron chi connectivity index (χ1n) is 10.4. The molecule has 4 heterocycles. The summed E-state index contributed by atoms with van der Waals surface area (Å²) >= 11 is 0. The van der Waals surface area contributed by atoms with E-state index in [1.165, 1.54) is 0 Å². The molecule has 0 N–H and O–H groups in total. The van der Waals surface area contributed by atoms with Crippen LogP contribution in [0, 0.1) is 0 Å². The largest absolute Gasteiger partial charge is 0.341 e. The summed E-state index contributed by atoms with van der Waals surface area (Å²) in [7, 11) is 0. The standard InChI is InChI=1S/C21H28N6O2/c1-3-19-22-7-11-27(19)14-20(29)25-8-4-16(5-9-25)21-23-12-17-13-26(15(2)28)10-6-18(17)24-21/h7,11-12,16H,3-6,8-10,13-14H2,1-2H3. The zero-order valence-electron chi connectivity index (χ0n) is 17.2. The van der Waals surface area contributed by atoms with Gasteiger partial charge in [-0.25, -0.2) is 15.0 Å². The molecule has 2 aromatic heterocycles. The van der Waals surface area contributed by atoms with E-state index in [2.05, 4.69) is 9.97 Å². The van der Waals surface area contributed by atoms with Gasteiger partial charge in [0.1, 0.15) is 18.2 Å². The van der Waals surface area contributed by atoms with Gasteiger partial charge in [0.25, 0.3) is 0 Å². The van der Waals surface area contributed by atoms with Gasteiger partial charge in [0, 0.05) is 76.0 Å². The third kappa shape index (κ3) is 4.16. The van der Waals surface area contributed by atoms with Crippen molar-refractivity contribution < 1.29 is 9.59 Å². The monoisotopic (exact) mass is 396 g/mol. The number of piperidine rings is 1. The highest BCUT2D eigenvalue weighted by molar-refractivity contribution is 5.76. The Labute approximate surface area is 171 Å². The van der Waals surface area contributed by atoms with Crippen LogP contribution in [0.1, 0.15) is 55.5 Å². The van der Waals surface area contributed by atoms with Crippen molar-refractivity contribution in [2.24, 2.45) is 0 Å². The lowest BCUT2D eigenvalue weighted by atomic mass is 9.95. The SMILES string of the molecule is CCc1nccn1CC(=O)N1CCC(c2ncc3c(n2)CCN(C(C)=O)C3)CC1. The highest BCUT2D eigenvalue weighted by atomic mass is 16.2. The first kappa shape index (κ1) is 19.5. The number of fused-ring (bicyclic) bond motifs is 1. The average molecular weight is 396 g/mol. The number of nitrogens with zero attached hydrogens (tertiary/aromatic N) is 6. The summed E-state index contributed by atoms with van der Waals surface area (Å²) < 4.78 is 1.94. The van der Waals surface area contributed by atoms with Crippen LogP contribution in [-0.2, 0) is 35.5 Å². The van der Waals surface area contributed by atoms with Crippen LogP contribution in [0.4, 0.5) is 0 Å². The first-order valence-corrected chi connectivity index (χ1v) is 10.4. The highest BCUT2D eigenvalue weighted by Crippen LogP contribution is 2.27. The quantitative estimate of drug-likeness (QED) is 0.783. The maximum Gasteiger partial charge on any atom is 0.242 e. The predicted molar refractivity (Wildman–Crippen MR) is 107 cm³/mol. The van der Waals surface area contributed by atoms with Gasteiger partial charge in [-0.15, -0.1) is 0 Å². The molecule has 29 heavy (non-hydrogen) atoms. The molecular weight excluding hydrogens is 368 g/mol. The Morgan fingerprint density at radius 2 is 1.93 bits per heavy atom. The van der Waals surface area contributed by atoms with Gasteiger partial charge in [0.05, 0.1) is 5.69 Å². The van der Waals surface area contributed by atoms with E-state index in [1.807, 2.05) is 33.7 Å². The van der Waals surface area contributed by atoms with Crippen molar-refractivity contribution in [3.05, 3.63) is 41.5 Å². The van der Waals surface area contributed by atoms with E-state index in [9.17, 15) is 9.59 Å². The molecule has 8 nitrogen and oxygen atoms in total. The summed E-state index contributed by atoms with van der Waals surface area (Å²) in [6.07, 6.45) is 8.88. The maximum atomic E-state index is 12.7. The average Bonchev–Trinajstić information content (AvgIpc) is 3.20. The lowest BCUT2D eigenvalue weighted by Gasteiger charge is -2.32. The Morgan fingerprint density at radius 1 is 1.14 bits per heavy atom. The molecule has 0 saturated carbocycles. The van der Waals surface area contributed by atoms with Crippen LogP contribution in [0.2, 0.25) is 0 Å². The summed E-state index contributed by atoms with van der Waals surface area (Å²) in [6, 6.07) is 0. The van der Waals surface area contributed by atoms with Crippen LogP contribution >= 0.6 is 0 Å². The fraction of sp³-hybridized carbons (Fsp3) is 0.571. The van der Waals surface area contributed by atoms with Gasteiger partial charge in [-0.05, 0) is 12.8 Å². The second kappa shape index (κ2) is 8.31. The smallest absolute Gasteiger partial charge is 0.242 e. The van der Waals surface area contributed by atoms with E-state index in [0.29, 0.717) is 13.1 Å². The zero-order chi connectivity index (χ0) is 20.4. The molecule has 0 atom stereocenters. The summed E-state index contributed by atoms with van der Waals surface area (Å²) in [5.41, 5.74) is 2.12. The molecule has 0 spiro atoms. The van der Waals surface area contributed by atoms with E-state index in [4.69, 9.17) is 4.98 Å². The topological polar surface area (TPSA) is 84.2 Å². The third-order valence-electron chi connectivity index (χ3n) is 6.03. The Morgan fingerprint density at radius 3 is 2.66 bits per heavy atom. The molecule has 2 aliphatic rings. The number of aromatic nitrogens is 4. The number of hydrogen-bond donors (Lipinski definition) is 0. The minimum absolute atomic E-state index is 0.0958. The number of aryl methyl sites for hydroxylation is 1. The molecule has 1 fully saturated rings. The van der Waals surface area contributed by atoms with Crippen LogP contribution in [0.3, 0.4) is 0 Å². The van der Waals surface area contributed by atoms with Crippen molar-refractivity contribution in [1.82, 2.24) is 29.3 Å². The zero-order valence-corrected chi connectivity index (χ0v) is 17.2. The minimum atomic E-state index is 0.0958. The molecule has 0 radical (unpaired) electrons. The molecule has 154 valence electrons. The van der Waals surface area contributed by atoms with Crippen molar-refractivity contribution >= 4 is 11.8 Å². The number of likely N-dealkylation sites (tertiary alicyclic amines) is 1. The summed E-state index contributed by atoms with van der Waals surface area (Å²) in [5.74, 6) is 2.36. The second-order valence-electron chi connectivity index (χ2n) is 7.87. The van der Waals surface area contributed by atoms with Gasteiger partial charge < -0.3 is 14.4 Å². The molecule has 2 aromatic rings. The third-order valence-corrected chi connectivity index (χ3v) is 6.03. The molecule has 0 aliphatic carbocycles. The van der Waals surface area contributed by atoms with Gasteiger partial charge in [-0.3, -0.25) is 9.59 Å². The van der Waals surface area contributed by atoms with Gasteiger partial charge in [-0.1, -0.05) is 6.92 Å². The van der Waals surface area contributed by atoms with Crippen LogP contribution in [0.25, 0.3) is 0 Å². The molecule has 1 saturated heterocycles. The lowest BCUT2D eigenvalue weighted by molar-refractivity contribution is -0.133. The van der Waals surface area contributed by atoms with E-state index in [1.54, 1.807) is 13.1 Å². The molecule has 8 heteroatoms. The summed E-state index contributed by atoms with van der Waals surface area (Å²) in [6.45, 7) is 6.80. The number of amides is 2. The molecular formula is C21H28N6O2. The number of carbonyl (C=O) groups excluding carboxylic acids is 2. The maximum absolute atomic E-state index is 12.7. The summed E-state index contributed by atoms with van der Waals surface area (Å²) in [4.78, 5) is 41.7. The normalized spacial score (nSPS) is 17.3. The van der Waals surface area contributed by atoms with Crippen molar-refractivity contribution in [3.63, 3.8) is 0 Å². The number of rotatable bonds is 4. The van der Waals surface area contributed by atoms with Crippen LogP contribution in [0.5, 0.6) is 0 Å². The second-order valence-corrected chi connectivity index (χ2v) is 7.87. The molecule has 0 aromatic carbocycles. The molecule has 0 unspecified atom stereocenters. The van der Waals surface area contributed by atoms with Gasteiger partial charge >= 0.3 is 0 Å². The van der Waals surface area contributed by atoms with Gasteiger partial charge in [-0.2, -0.15) is 0 Å². The van der Waals surface area contributed by atoms with E-state index in [-0.39, 0.29) is 17.7 Å². The van der Waals surface area contributed by atoms with Crippen LogP contribution < -0.4 is 0 Å². The Kier molecular flexibility index (Phi) is 5.60. The minimum Gasteiger partial charge on any atom is -0.341 e. The van der Waals surface area contributed by atoms with E-state index < -0.39 is 0 Å². The molecule has 2 aliphatic heterocycles. The molecule has 4 rings (SSSR count). The van der Waals surface area contributed by atoms with Crippen LogP contribution in [-0.4, -0.2) is 60.8 Å². The van der Waals surface area contributed by atoms with E-state index >= 15 is 0 Å². The van der Waals surface area contributed by atoms with Gasteiger partial charge in [0.15, 0.2) is 0 Å². The molecule has 0 bridgehead atoms. The first-order chi connectivity index (χ1) is 14.0. The Balaban J connectivity index is 1.35. The number of hydrogen-bond acceptors (Lipinski definition) is 5.